The molecule has 1 aromatic rings. The van der Waals surface area contributed by atoms with Crippen LogP contribution in [0.1, 0.15) is 36.2 Å². The second-order valence-electron chi connectivity index (χ2n) is 4.85. The summed E-state index contributed by atoms with van der Waals surface area (Å²) in [6.45, 7) is 4.57. The smallest absolute Gasteiger partial charge is 0.328 e. The van der Waals surface area contributed by atoms with Gasteiger partial charge in [-0.3, -0.25) is 4.79 Å². The van der Waals surface area contributed by atoms with E-state index in [1.165, 1.54) is 18.2 Å². The summed E-state index contributed by atoms with van der Waals surface area (Å²) in [7, 11) is 0. The van der Waals surface area contributed by atoms with Crippen molar-refractivity contribution in [2.45, 2.75) is 20.3 Å². The van der Waals surface area contributed by atoms with Crippen LogP contribution in [0.15, 0.2) is 24.3 Å². The van der Waals surface area contributed by atoms with Crippen LogP contribution >= 0.6 is 0 Å². The molecule has 20 heavy (non-hydrogen) atoms. The topological polar surface area (TPSA) is 66.4 Å². The Morgan fingerprint density at radius 3 is 2.65 bits per heavy atom. The van der Waals surface area contributed by atoms with E-state index < -0.39 is 17.7 Å². The molecule has 1 aromatic carbocycles. The third-order valence-corrected chi connectivity index (χ3v) is 2.66. The standard InChI is InChI=1S/C15H18FNO3/c1-10(2)7-8-17-15(20)12-5-3-11(9-13(12)16)4-6-14(18)19/h3-6,9-10H,7-8H2,1-2H3,(H,17,20)(H,18,19). The van der Waals surface area contributed by atoms with Gasteiger partial charge in [-0.2, -0.15) is 0 Å². The number of halogens is 1. The molecular formula is C15H18FNO3. The van der Waals surface area contributed by atoms with E-state index in [-0.39, 0.29) is 5.56 Å². The molecule has 0 saturated heterocycles. The lowest BCUT2D eigenvalue weighted by Crippen LogP contribution is -2.26. The molecule has 5 heteroatoms. The monoisotopic (exact) mass is 279 g/mol. The molecule has 2 N–H and O–H groups in total. The van der Waals surface area contributed by atoms with E-state index in [4.69, 9.17) is 5.11 Å². The molecule has 0 aromatic heterocycles. The lowest BCUT2D eigenvalue weighted by Gasteiger charge is -2.08. The largest absolute Gasteiger partial charge is 0.478 e. The first-order valence-corrected chi connectivity index (χ1v) is 6.39. The molecule has 1 rings (SSSR count). The molecule has 0 aliphatic heterocycles. The predicted octanol–water partition coefficient (Wildman–Crippen LogP) is 2.70. The highest BCUT2D eigenvalue weighted by Gasteiger charge is 2.11. The summed E-state index contributed by atoms with van der Waals surface area (Å²) < 4.78 is 13.8. The lowest BCUT2D eigenvalue weighted by atomic mass is 10.1. The van der Waals surface area contributed by atoms with Gasteiger partial charge in [-0.25, -0.2) is 9.18 Å². The fourth-order valence-electron chi connectivity index (χ4n) is 1.56. The number of carboxylic acid groups (broad SMARTS) is 1. The van der Waals surface area contributed by atoms with Gasteiger partial charge >= 0.3 is 5.97 Å². The van der Waals surface area contributed by atoms with Gasteiger partial charge < -0.3 is 10.4 Å². The van der Waals surface area contributed by atoms with Gasteiger partial charge in [0.05, 0.1) is 5.56 Å². The Hall–Kier alpha value is -2.17. The molecule has 0 saturated carbocycles. The number of hydrogen-bond acceptors (Lipinski definition) is 2. The van der Waals surface area contributed by atoms with Crippen LogP contribution in [0.4, 0.5) is 4.39 Å². The molecule has 0 bridgehead atoms. The maximum Gasteiger partial charge on any atom is 0.328 e. The minimum absolute atomic E-state index is 0.0405. The van der Waals surface area contributed by atoms with Gasteiger partial charge in [-0.1, -0.05) is 19.9 Å². The second-order valence-corrected chi connectivity index (χ2v) is 4.85. The Morgan fingerprint density at radius 1 is 1.40 bits per heavy atom. The van der Waals surface area contributed by atoms with Crippen LogP contribution in [-0.4, -0.2) is 23.5 Å². The third kappa shape index (κ3) is 5.22. The number of aliphatic carboxylic acids is 1. The number of benzene rings is 1. The van der Waals surface area contributed by atoms with E-state index in [0.717, 1.165) is 18.6 Å². The molecular weight excluding hydrogens is 261 g/mol. The number of hydrogen-bond donors (Lipinski definition) is 2. The Morgan fingerprint density at radius 2 is 2.10 bits per heavy atom. The summed E-state index contributed by atoms with van der Waals surface area (Å²) in [6, 6.07) is 3.98. The van der Waals surface area contributed by atoms with Crippen molar-refractivity contribution in [2.24, 2.45) is 5.92 Å². The molecule has 1 amide bonds. The van der Waals surface area contributed by atoms with E-state index in [1.807, 2.05) is 13.8 Å². The van der Waals surface area contributed by atoms with Crippen LogP contribution in [0.2, 0.25) is 0 Å². The van der Waals surface area contributed by atoms with Gasteiger partial charge in [0.15, 0.2) is 0 Å². The Labute approximate surface area is 117 Å². The number of amides is 1. The number of carbonyl (C=O) groups is 2. The lowest BCUT2D eigenvalue weighted by molar-refractivity contribution is -0.131. The van der Waals surface area contributed by atoms with Crippen molar-refractivity contribution in [3.63, 3.8) is 0 Å². The van der Waals surface area contributed by atoms with Crippen molar-refractivity contribution in [1.82, 2.24) is 5.32 Å². The zero-order chi connectivity index (χ0) is 15.1. The highest BCUT2D eigenvalue weighted by atomic mass is 19.1. The maximum absolute atomic E-state index is 13.8. The van der Waals surface area contributed by atoms with E-state index in [2.05, 4.69) is 5.32 Å². The van der Waals surface area contributed by atoms with Gasteiger partial charge in [0.1, 0.15) is 5.82 Å². The Kier molecular flexibility index (Phi) is 5.90. The van der Waals surface area contributed by atoms with Gasteiger partial charge in [0.25, 0.3) is 5.91 Å². The van der Waals surface area contributed by atoms with E-state index in [1.54, 1.807) is 0 Å². The minimum Gasteiger partial charge on any atom is -0.478 e. The highest BCUT2D eigenvalue weighted by Crippen LogP contribution is 2.12. The van der Waals surface area contributed by atoms with Crippen LogP contribution in [0.3, 0.4) is 0 Å². The summed E-state index contributed by atoms with van der Waals surface area (Å²) in [6.07, 6.45) is 3.01. The van der Waals surface area contributed by atoms with Crippen LogP contribution in [0.5, 0.6) is 0 Å². The molecule has 0 heterocycles. The number of rotatable bonds is 6. The van der Waals surface area contributed by atoms with Crippen molar-refractivity contribution < 1.29 is 19.1 Å². The first-order chi connectivity index (χ1) is 9.40. The normalized spacial score (nSPS) is 11.0. The van der Waals surface area contributed by atoms with Crippen LogP contribution < -0.4 is 5.32 Å². The Bertz CT molecular complexity index is 524. The third-order valence-electron chi connectivity index (χ3n) is 2.66. The highest BCUT2D eigenvalue weighted by molar-refractivity contribution is 5.94. The summed E-state index contributed by atoms with van der Waals surface area (Å²) in [4.78, 5) is 22.1. The Balaban J connectivity index is 2.72. The molecule has 108 valence electrons. The molecule has 0 aliphatic carbocycles. The molecule has 0 fully saturated rings. The van der Waals surface area contributed by atoms with Crippen LogP contribution in [-0.2, 0) is 4.79 Å². The maximum atomic E-state index is 13.8. The summed E-state index contributed by atoms with van der Waals surface area (Å²) >= 11 is 0. The quantitative estimate of drug-likeness (QED) is 0.787. The fourth-order valence-corrected chi connectivity index (χ4v) is 1.56. The zero-order valence-electron chi connectivity index (χ0n) is 11.5. The first kappa shape index (κ1) is 15.9. The molecule has 0 atom stereocenters. The average Bonchev–Trinajstić information content (AvgIpc) is 2.35. The van der Waals surface area contributed by atoms with Gasteiger partial charge in [0.2, 0.25) is 0 Å². The van der Waals surface area contributed by atoms with Crippen LogP contribution in [0, 0.1) is 11.7 Å². The van der Waals surface area contributed by atoms with Crippen LogP contribution in [0.25, 0.3) is 6.08 Å². The minimum atomic E-state index is -1.11. The summed E-state index contributed by atoms with van der Waals surface area (Å²) in [5, 5.41) is 11.1. The molecule has 0 unspecified atom stereocenters. The molecule has 0 spiro atoms. The van der Waals surface area contributed by atoms with E-state index in [9.17, 15) is 14.0 Å². The van der Waals surface area contributed by atoms with Gasteiger partial charge in [0, 0.05) is 12.6 Å². The number of carbonyl (C=O) groups excluding carboxylic acids is 1. The van der Waals surface area contributed by atoms with Crippen molar-refractivity contribution in [3.8, 4) is 0 Å². The van der Waals surface area contributed by atoms with Crippen molar-refractivity contribution in [3.05, 3.63) is 41.2 Å². The fraction of sp³-hybridized carbons (Fsp3) is 0.333. The van der Waals surface area contributed by atoms with Crippen molar-refractivity contribution in [2.75, 3.05) is 6.54 Å². The van der Waals surface area contributed by atoms with Crippen molar-refractivity contribution in [1.29, 1.82) is 0 Å². The molecule has 0 aliphatic rings. The first-order valence-electron chi connectivity index (χ1n) is 6.39. The molecule has 0 radical (unpaired) electrons. The molecule has 4 nitrogen and oxygen atoms in total. The van der Waals surface area contributed by atoms with Gasteiger partial charge in [-0.05, 0) is 36.1 Å². The SMILES string of the molecule is CC(C)CCNC(=O)c1ccc(C=CC(=O)O)cc1F. The average molecular weight is 279 g/mol. The number of nitrogens with one attached hydrogen (secondary N) is 1. The predicted molar refractivity (Wildman–Crippen MR) is 74.9 cm³/mol. The van der Waals surface area contributed by atoms with Gasteiger partial charge in [-0.15, -0.1) is 0 Å². The summed E-state index contributed by atoms with van der Waals surface area (Å²) in [5.74, 6) is -1.78. The van der Waals surface area contributed by atoms with Crippen molar-refractivity contribution >= 4 is 18.0 Å². The van der Waals surface area contributed by atoms with E-state index in [0.29, 0.717) is 18.0 Å². The zero-order valence-corrected chi connectivity index (χ0v) is 11.5. The summed E-state index contributed by atoms with van der Waals surface area (Å²) in [5.41, 5.74) is 0.352. The second kappa shape index (κ2) is 7.43. The number of carboxylic acids is 1. The van der Waals surface area contributed by atoms with E-state index >= 15 is 0 Å².